The van der Waals surface area contributed by atoms with Crippen molar-refractivity contribution in [2.24, 2.45) is 0 Å². The fourth-order valence-electron chi connectivity index (χ4n) is 4.02. The van der Waals surface area contributed by atoms with E-state index >= 15 is 0 Å². The summed E-state index contributed by atoms with van der Waals surface area (Å²) in [7, 11) is 1.98. The van der Waals surface area contributed by atoms with Crippen LogP contribution < -0.4 is 10.6 Å². The topological polar surface area (TPSA) is 116 Å². The zero-order valence-electron chi connectivity index (χ0n) is 18.1. The third kappa shape index (κ3) is 5.82. The molecule has 11 heteroatoms. The number of carbonyl (C=O) groups is 1. The van der Waals surface area contributed by atoms with Gasteiger partial charge in [0, 0.05) is 24.3 Å². The van der Waals surface area contributed by atoms with Gasteiger partial charge in [-0.1, -0.05) is 11.6 Å². The molecule has 33 heavy (non-hydrogen) atoms. The number of carboxylic acids is 1. The summed E-state index contributed by atoms with van der Waals surface area (Å²) >= 11 is 5.88. The summed E-state index contributed by atoms with van der Waals surface area (Å²) in [5.74, 6) is -0.311. The number of carboxylic acid groups (broad SMARTS) is 1. The van der Waals surface area contributed by atoms with E-state index in [1.807, 2.05) is 7.05 Å². The number of aromatic nitrogens is 4. The molecule has 1 aliphatic rings. The normalized spacial score (nSPS) is 18.4. The molecule has 0 spiro atoms. The van der Waals surface area contributed by atoms with Gasteiger partial charge in [-0.15, -0.1) is 0 Å². The average molecular weight is 474 g/mol. The quantitative estimate of drug-likeness (QED) is 0.444. The third-order valence-electron chi connectivity index (χ3n) is 5.89. The first-order chi connectivity index (χ1) is 15.9. The molecule has 4 rings (SSSR count). The lowest BCUT2D eigenvalue weighted by Crippen LogP contribution is -2.39. The maximum atomic E-state index is 13.5. The summed E-state index contributed by atoms with van der Waals surface area (Å²) < 4.78 is 13.5. The Hall–Kier alpha value is -3.11. The monoisotopic (exact) mass is 473 g/mol. The van der Waals surface area contributed by atoms with Crippen LogP contribution in [0.25, 0.3) is 11.0 Å². The van der Waals surface area contributed by atoms with Crippen LogP contribution in [-0.4, -0.2) is 61.6 Å². The van der Waals surface area contributed by atoms with E-state index in [4.69, 9.17) is 16.7 Å². The van der Waals surface area contributed by atoms with Gasteiger partial charge in [0.05, 0.1) is 17.6 Å². The maximum absolute atomic E-state index is 13.5. The van der Waals surface area contributed by atoms with Gasteiger partial charge < -0.3 is 20.6 Å². The number of halogens is 2. The smallest absolute Gasteiger partial charge is 0.304 e. The fourth-order valence-corrected chi connectivity index (χ4v) is 4.20. The van der Waals surface area contributed by atoms with Crippen LogP contribution in [0, 0.1) is 5.82 Å². The molecule has 0 saturated heterocycles. The van der Waals surface area contributed by atoms with Crippen molar-refractivity contribution in [3.63, 3.8) is 0 Å². The molecule has 3 N–H and O–H groups in total. The van der Waals surface area contributed by atoms with Gasteiger partial charge in [0.25, 0.3) is 0 Å². The van der Waals surface area contributed by atoms with Crippen LogP contribution in [0.2, 0.25) is 5.02 Å². The molecule has 1 fully saturated rings. The van der Waals surface area contributed by atoms with Gasteiger partial charge in [-0.25, -0.2) is 24.3 Å². The summed E-state index contributed by atoms with van der Waals surface area (Å²) in [4.78, 5) is 30.4. The number of fused-ring (bicyclic) bond motifs is 1. The van der Waals surface area contributed by atoms with Crippen molar-refractivity contribution in [2.45, 2.75) is 44.2 Å². The first kappa shape index (κ1) is 23.1. The van der Waals surface area contributed by atoms with Gasteiger partial charge in [0.15, 0.2) is 5.82 Å². The largest absolute Gasteiger partial charge is 0.481 e. The molecule has 1 aromatic carbocycles. The van der Waals surface area contributed by atoms with Gasteiger partial charge in [-0.2, -0.15) is 0 Å². The van der Waals surface area contributed by atoms with Gasteiger partial charge in [-0.3, -0.25) is 4.79 Å². The molecule has 9 nitrogen and oxygen atoms in total. The highest BCUT2D eigenvalue weighted by atomic mass is 35.5. The second kappa shape index (κ2) is 10.2. The lowest BCUT2D eigenvalue weighted by Gasteiger charge is -2.34. The van der Waals surface area contributed by atoms with Crippen molar-refractivity contribution in [1.82, 2.24) is 24.8 Å². The van der Waals surface area contributed by atoms with Gasteiger partial charge >= 0.3 is 5.97 Å². The first-order valence-corrected chi connectivity index (χ1v) is 11.1. The van der Waals surface area contributed by atoms with Crippen LogP contribution in [0.4, 0.5) is 21.8 Å². The number of hydrogen-bond donors (Lipinski definition) is 3. The summed E-state index contributed by atoms with van der Waals surface area (Å²) in [5.41, 5.74) is 1.70. The van der Waals surface area contributed by atoms with Gasteiger partial charge in [0.2, 0.25) is 5.95 Å². The van der Waals surface area contributed by atoms with Crippen LogP contribution >= 0.6 is 11.6 Å². The van der Waals surface area contributed by atoms with E-state index in [1.54, 1.807) is 12.3 Å². The Morgan fingerprint density at radius 3 is 2.76 bits per heavy atom. The number of benzene rings is 1. The Kier molecular flexibility index (Phi) is 7.14. The SMILES string of the molecule is CN(CCC(=O)O)[C@H]1CC[C@H](Nc2ncc3ncnc(Nc4ccc(F)c(Cl)c4)c3n2)CC1. The molecule has 2 heterocycles. The Balaban J connectivity index is 1.42. The Morgan fingerprint density at radius 1 is 1.24 bits per heavy atom. The van der Waals surface area contributed by atoms with Crippen molar-refractivity contribution < 1.29 is 14.3 Å². The summed E-state index contributed by atoms with van der Waals surface area (Å²) in [6.45, 7) is 0.556. The summed E-state index contributed by atoms with van der Waals surface area (Å²) in [6.07, 6.45) is 7.03. The van der Waals surface area contributed by atoms with E-state index in [1.165, 1.54) is 18.5 Å². The second-order valence-corrected chi connectivity index (χ2v) is 8.58. The van der Waals surface area contributed by atoms with E-state index in [0.717, 1.165) is 25.7 Å². The molecule has 2 aromatic heterocycles. The van der Waals surface area contributed by atoms with E-state index in [-0.39, 0.29) is 17.5 Å². The minimum atomic E-state index is -0.772. The van der Waals surface area contributed by atoms with E-state index in [2.05, 4.69) is 35.5 Å². The van der Waals surface area contributed by atoms with Crippen LogP contribution in [0.5, 0.6) is 0 Å². The van der Waals surface area contributed by atoms with Crippen molar-refractivity contribution in [2.75, 3.05) is 24.2 Å². The standard InChI is InChI=1S/C22H25ClFN7O2/c1-31(9-8-19(32)33)15-5-2-13(3-6-15)29-22-25-11-18-20(30-22)21(27-12-26-18)28-14-4-7-17(24)16(23)10-14/h4,7,10-13,15H,2-3,5-6,8-9H2,1H3,(H,32,33)(H,25,29,30)(H,26,27,28)/t13-,15-. The number of nitrogens with one attached hydrogen (secondary N) is 2. The maximum Gasteiger partial charge on any atom is 0.304 e. The number of hydrogen-bond acceptors (Lipinski definition) is 8. The first-order valence-electron chi connectivity index (χ1n) is 10.8. The Labute approximate surface area is 195 Å². The van der Waals surface area contributed by atoms with Gasteiger partial charge in [0.1, 0.15) is 23.2 Å². The zero-order valence-corrected chi connectivity index (χ0v) is 18.9. The highest BCUT2D eigenvalue weighted by molar-refractivity contribution is 6.31. The molecule has 1 aliphatic carbocycles. The van der Waals surface area contributed by atoms with Crippen molar-refractivity contribution in [3.8, 4) is 0 Å². The van der Waals surface area contributed by atoms with Gasteiger partial charge in [-0.05, 0) is 50.9 Å². The number of nitrogens with zero attached hydrogens (tertiary/aromatic N) is 5. The molecule has 0 bridgehead atoms. The molecule has 0 amide bonds. The predicted molar refractivity (Wildman–Crippen MR) is 124 cm³/mol. The molecule has 1 saturated carbocycles. The summed E-state index contributed by atoms with van der Waals surface area (Å²) in [6, 6.07) is 4.94. The van der Waals surface area contributed by atoms with Crippen molar-refractivity contribution in [3.05, 3.63) is 41.6 Å². The molecule has 0 unspecified atom stereocenters. The number of anilines is 3. The highest BCUT2D eigenvalue weighted by Crippen LogP contribution is 2.27. The third-order valence-corrected chi connectivity index (χ3v) is 6.18. The lowest BCUT2D eigenvalue weighted by atomic mass is 9.90. The van der Waals surface area contributed by atoms with Crippen LogP contribution in [-0.2, 0) is 4.79 Å². The molecule has 0 radical (unpaired) electrons. The van der Waals surface area contributed by atoms with E-state index in [0.29, 0.717) is 41.1 Å². The minimum absolute atomic E-state index is 0.0135. The lowest BCUT2D eigenvalue weighted by molar-refractivity contribution is -0.137. The molecular weight excluding hydrogens is 449 g/mol. The highest BCUT2D eigenvalue weighted by Gasteiger charge is 2.24. The van der Waals surface area contributed by atoms with Crippen molar-refractivity contribution >= 4 is 46.1 Å². The molecule has 174 valence electrons. The second-order valence-electron chi connectivity index (χ2n) is 8.18. The average Bonchev–Trinajstić information content (AvgIpc) is 2.81. The predicted octanol–water partition coefficient (Wildman–Crippen LogP) is 4.09. The molecule has 0 aliphatic heterocycles. The molecule has 0 atom stereocenters. The molecule has 3 aromatic rings. The summed E-state index contributed by atoms with van der Waals surface area (Å²) in [5, 5.41) is 15.4. The van der Waals surface area contributed by atoms with E-state index < -0.39 is 11.8 Å². The zero-order chi connectivity index (χ0) is 23.4. The number of aliphatic carboxylic acids is 1. The minimum Gasteiger partial charge on any atom is -0.481 e. The molecular formula is C22H25ClFN7O2. The Bertz CT molecular complexity index is 1140. The van der Waals surface area contributed by atoms with Crippen molar-refractivity contribution in [1.29, 1.82) is 0 Å². The number of rotatable bonds is 8. The Morgan fingerprint density at radius 2 is 2.03 bits per heavy atom. The van der Waals surface area contributed by atoms with E-state index in [9.17, 15) is 9.18 Å². The fraction of sp³-hybridized carbons (Fsp3) is 0.409. The van der Waals surface area contributed by atoms with Crippen LogP contribution in [0.1, 0.15) is 32.1 Å². The van der Waals surface area contributed by atoms with Crippen LogP contribution in [0.15, 0.2) is 30.7 Å². The van der Waals surface area contributed by atoms with Crippen LogP contribution in [0.3, 0.4) is 0 Å².